The summed E-state index contributed by atoms with van der Waals surface area (Å²) in [6, 6.07) is 7.03. The second kappa shape index (κ2) is 7.05. The number of benzene rings is 2. The fourth-order valence-corrected chi connectivity index (χ4v) is 3.73. The highest BCUT2D eigenvalue weighted by atomic mass is 127. The van der Waals surface area contributed by atoms with Crippen LogP contribution < -0.4 is 16.1 Å². The molecule has 11 heteroatoms. The van der Waals surface area contributed by atoms with E-state index >= 15 is 0 Å². The maximum Gasteiger partial charge on any atom is 0.357 e. The monoisotopic (exact) mass is 507 g/mol. The van der Waals surface area contributed by atoms with Crippen molar-refractivity contribution in [3.8, 4) is 11.3 Å². The van der Waals surface area contributed by atoms with Crippen LogP contribution in [0.15, 0.2) is 44.5 Å². The highest BCUT2D eigenvalue weighted by Crippen LogP contribution is 2.36. The fourth-order valence-electron chi connectivity index (χ4n) is 2.46. The van der Waals surface area contributed by atoms with E-state index in [4.69, 9.17) is 5.14 Å². The minimum Gasteiger partial charge on any atom is -0.352 e. The Hall–Kier alpha value is -2.25. The molecule has 0 aliphatic carbocycles. The maximum atomic E-state index is 14.8. The zero-order chi connectivity index (χ0) is 19.9. The number of aromatic amines is 1. The zero-order valence-electron chi connectivity index (χ0n) is 13.6. The van der Waals surface area contributed by atoms with E-state index in [-0.39, 0.29) is 16.9 Å². The molecule has 0 saturated carbocycles. The summed E-state index contributed by atoms with van der Waals surface area (Å²) in [5.74, 6) is -3.09. The van der Waals surface area contributed by atoms with Gasteiger partial charge >= 0.3 is 5.63 Å². The number of nitrogens with two attached hydrogens (primary N) is 1. The van der Waals surface area contributed by atoms with Crippen LogP contribution in [0.25, 0.3) is 11.3 Å². The number of H-pyrrole nitrogens is 1. The molecule has 0 atom stereocenters. The lowest BCUT2D eigenvalue weighted by atomic mass is 10.1. The smallest absolute Gasteiger partial charge is 0.352 e. The largest absolute Gasteiger partial charge is 0.357 e. The molecule has 0 amide bonds. The predicted octanol–water partition coefficient (Wildman–Crippen LogP) is 3.22. The summed E-state index contributed by atoms with van der Waals surface area (Å²) >= 11 is 2.10. The molecule has 0 aliphatic rings. The van der Waals surface area contributed by atoms with Crippen LogP contribution in [0.3, 0.4) is 0 Å². The highest BCUT2D eigenvalue weighted by Gasteiger charge is 2.26. The van der Waals surface area contributed by atoms with Crippen LogP contribution in [0, 0.1) is 22.1 Å². The van der Waals surface area contributed by atoms with Crippen LogP contribution in [0.4, 0.5) is 20.2 Å². The van der Waals surface area contributed by atoms with E-state index in [1.54, 1.807) is 19.1 Å². The molecule has 0 spiro atoms. The molecule has 142 valence electrons. The molecular weight excluding hydrogens is 495 g/mol. The van der Waals surface area contributed by atoms with E-state index in [2.05, 4.69) is 37.6 Å². The molecular formula is C16H12F2IN3O4S. The number of halogens is 3. The Labute approximate surface area is 165 Å². The lowest BCUT2D eigenvalue weighted by Crippen LogP contribution is -2.16. The minimum absolute atomic E-state index is 0.0468. The van der Waals surface area contributed by atoms with E-state index in [0.29, 0.717) is 5.69 Å². The molecule has 0 radical (unpaired) electrons. The Morgan fingerprint density at radius 1 is 1.19 bits per heavy atom. The number of hydrogen-bond acceptors (Lipinski definition) is 5. The zero-order valence-corrected chi connectivity index (χ0v) is 16.6. The first-order chi connectivity index (χ1) is 12.6. The van der Waals surface area contributed by atoms with Gasteiger partial charge in [0.25, 0.3) is 0 Å². The first-order valence-corrected chi connectivity index (χ1v) is 9.97. The van der Waals surface area contributed by atoms with Gasteiger partial charge in [-0.2, -0.15) is 0 Å². The van der Waals surface area contributed by atoms with Crippen molar-refractivity contribution in [1.29, 1.82) is 0 Å². The molecule has 1 aromatic heterocycles. The number of rotatable bonds is 4. The van der Waals surface area contributed by atoms with Gasteiger partial charge in [-0.05, 0) is 59.3 Å². The van der Waals surface area contributed by atoms with Gasteiger partial charge in [0.2, 0.25) is 10.0 Å². The summed E-state index contributed by atoms with van der Waals surface area (Å²) in [7, 11) is -4.55. The molecule has 0 bridgehead atoms. The Bertz CT molecular complexity index is 1200. The molecule has 2 aromatic carbocycles. The van der Waals surface area contributed by atoms with Crippen molar-refractivity contribution < 1.29 is 21.7 Å². The standard InChI is InChI=1S/C16H12F2IN3O4S/c1-7-4-8(19)2-3-10(7)21-16-9(11-6-13(23)26-22-11)5-12(27(20,24)25)14(17)15(16)18/h2-6,21-22H,1H3,(H2,20,24,25). The van der Waals surface area contributed by atoms with E-state index in [1.807, 2.05) is 6.07 Å². The van der Waals surface area contributed by atoms with Crippen molar-refractivity contribution >= 4 is 44.0 Å². The molecule has 0 unspecified atom stereocenters. The second-order valence-electron chi connectivity index (χ2n) is 5.64. The van der Waals surface area contributed by atoms with Crippen LogP contribution in [0.1, 0.15) is 5.56 Å². The number of aromatic nitrogens is 1. The lowest BCUT2D eigenvalue weighted by molar-refractivity contribution is 0.393. The van der Waals surface area contributed by atoms with Crippen molar-refractivity contribution in [1.82, 2.24) is 5.16 Å². The van der Waals surface area contributed by atoms with Crippen LogP contribution in [-0.2, 0) is 10.0 Å². The SMILES string of the molecule is Cc1cc(I)ccc1Nc1c(-c2cc(=O)o[nH]2)cc(S(N)(=O)=O)c(F)c1F. The summed E-state index contributed by atoms with van der Waals surface area (Å²) < 4.78 is 57.8. The minimum atomic E-state index is -4.55. The van der Waals surface area contributed by atoms with E-state index in [0.717, 1.165) is 21.3 Å². The molecule has 4 N–H and O–H groups in total. The first-order valence-electron chi connectivity index (χ1n) is 7.35. The van der Waals surface area contributed by atoms with Gasteiger partial charge in [0.05, 0.1) is 17.4 Å². The van der Waals surface area contributed by atoms with Crippen molar-refractivity contribution in [3.63, 3.8) is 0 Å². The van der Waals surface area contributed by atoms with Gasteiger partial charge in [0.15, 0.2) is 11.6 Å². The summed E-state index contributed by atoms with van der Waals surface area (Å²) in [5, 5.41) is 9.96. The fraction of sp³-hybridized carbons (Fsp3) is 0.0625. The molecule has 7 nitrogen and oxygen atoms in total. The normalized spacial score (nSPS) is 11.6. The Morgan fingerprint density at radius 2 is 1.89 bits per heavy atom. The molecule has 1 heterocycles. The summed E-state index contributed by atoms with van der Waals surface area (Å²) in [5.41, 5.74) is -0.131. The number of aryl methyl sites for hydroxylation is 1. The third-order valence-electron chi connectivity index (χ3n) is 3.74. The topological polar surface area (TPSA) is 118 Å². The highest BCUT2D eigenvalue weighted by molar-refractivity contribution is 14.1. The van der Waals surface area contributed by atoms with Gasteiger partial charge in [0.1, 0.15) is 4.90 Å². The van der Waals surface area contributed by atoms with Gasteiger partial charge in [-0.25, -0.2) is 32.3 Å². The quantitative estimate of drug-likeness (QED) is 0.469. The van der Waals surface area contributed by atoms with E-state index < -0.39 is 32.2 Å². The molecule has 0 aliphatic heterocycles. The van der Waals surface area contributed by atoms with Gasteiger partial charge in [0, 0.05) is 14.8 Å². The van der Waals surface area contributed by atoms with E-state index in [1.165, 1.54) is 0 Å². The first kappa shape index (κ1) is 19.5. The Kier molecular flexibility index (Phi) is 5.10. The van der Waals surface area contributed by atoms with Crippen LogP contribution in [-0.4, -0.2) is 13.6 Å². The number of nitrogens with one attached hydrogen (secondary N) is 2. The van der Waals surface area contributed by atoms with Gasteiger partial charge < -0.3 is 9.84 Å². The molecule has 3 rings (SSSR count). The Balaban J connectivity index is 2.28. The van der Waals surface area contributed by atoms with Crippen molar-refractivity contribution in [2.24, 2.45) is 5.14 Å². The summed E-state index contributed by atoms with van der Waals surface area (Å²) in [4.78, 5) is 10.3. The Morgan fingerprint density at radius 3 is 2.44 bits per heavy atom. The maximum absolute atomic E-state index is 14.8. The summed E-state index contributed by atoms with van der Waals surface area (Å²) in [6.07, 6.45) is 0. The predicted molar refractivity (Wildman–Crippen MR) is 103 cm³/mol. The molecule has 0 fully saturated rings. The lowest BCUT2D eigenvalue weighted by Gasteiger charge is -2.16. The average Bonchev–Trinajstić information content (AvgIpc) is 2.99. The third-order valence-corrected chi connectivity index (χ3v) is 5.32. The van der Waals surface area contributed by atoms with Crippen LogP contribution >= 0.6 is 22.6 Å². The van der Waals surface area contributed by atoms with Crippen LogP contribution in [0.5, 0.6) is 0 Å². The number of hydrogen-bond donors (Lipinski definition) is 3. The molecule has 3 aromatic rings. The molecule has 0 saturated heterocycles. The third kappa shape index (κ3) is 3.89. The number of anilines is 2. The van der Waals surface area contributed by atoms with Gasteiger partial charge in [-0.1, -0.05) is 0 Å². The average molecular weight is 507 g/mol. The molecule has 27 heavy (non-hydrogen) atoms. The van der Waals surface area contributed by atoms with Gasteiger partial charge in [-0.3, -0.25) is 0 Å². The van der Waals surface area contributed by atoms with Crippen LogP contribution in [0.2, 0.25) is 0 Å². The number of sulfonamides is 1. The van der Waals surface area contributed by atoms with Crippen molar-refractivity contribution in [2.45, 2.75) is 11.8 Å². The van der Waals surface area contributed by atoms with E-state index in [9.17, 15) is 22.0 Å². The van der Waals surface area contributed by atoms with Gasteiger partial charge in [-0.15, -0.1) is 0 Å². The number of primary sulfonamides is 1. The summed E-state index contributed by atoms with van der Waals surface area (Å²) in [6.45, 7) is 1.76. The van der Waals surface area contributed by atoms with Crippen molar-refractivity contribution in [3.05, 3.63) is 61.5 Å². The van der Waals surface area contributed by atoms with Crippen molar-refractivity contribution in [2.75, 3.05) is 5.32 Å². The second-order valence-corrected chi connectivity index (χ2v) is 8.41.